The van der Waals surface area contributed by atoms with Crippen molar-refractivity contribution in [3.05, 3.63) is 53.1 Å². The Hall–Kier alpha value is -2.29. The first kappa shape index (κ1) is 9.71. The second-order valence-corrected chi connectivity index (χ2v) is 4.52. The van der Waals surface area contributed by atoms with E-state index in [4.69, 9.17) is 9.47 Å². The molecule has 2 aromatic carbocycles. The lowest BCUT2D eigenvalue weighted by Crippen LogP contribution is -2.04. The molecule has 0 aliphatic carbocycles. The van der Waals surface area contributed by atoms with E-state index in [9.17, 15) is 4.79 Å². The van der Waals surface area contributed by atoms with Crippen molar-refractivity contribution in [1.82, 2.24) is 0 Å². The van der Waals surface area contributed by atoms with Crippen molar-refractivity contribution in [2.45, 2.75) is 6.42 Å². The topological polar surface area (TPSA) is 35.5 Å². The molecule has 0 unspecified atom stereocenters. The lowest BCUT2D eigenvalue weighted by atomic mass is 9.97. The van der Waals surface area contributed by atoms with Crippen LogP contribution in [0.15, 0.2) is 36.4 Å². The molecule has 0 N–H and O–H groups in total. The third kappa shape index (κ3) is 1.21. The zero-order valence-electron chi connectivity index (χ0n) is 9.60. The predicted molar refractivity (Wildman–Crippen MR) is 65.6 cm³/mol. The lowest BCUT2D eigenvalue weighted by Gasteiger charge is -2.21. The van der Waals surface area contributed by atoms with E-state index in [1.54, 1.807) is 6.07 Å². The van der Waals surface area contributed by atoms with Gasteiger partial charge in [-0.25, -0.2) is 0 Å². The van der Waals surface area contributed by atoms with E-state index in [0.717, 1.165) is 29.0 Å². The van der Waals surface area contributed by atoms with Gasteiger partial charge < -0.3 is 9.47 Å². The monoisotopic (exact) mass is 238 g/mol. The number of rotatable bonds is 0. The van der Waals surface area contributed by atoms with Crippen molar-refractivity contribution < 1.29 is 14.3 Å². The minimum absolute atomic E-state index is 0.0478. The maximum atomic E-state index is 11.6. The van der Waals surface area contributed by atoms with Crippen LogP contribution in [0.2, 0.25) is 0 Å². The zero-order chi connectivity index (χ0) is 12.1. The molecule has 3 nitrogen and oxygen atoms in total. The van der Waals surface area contributed by atoms with Gasteiger partial charge in [0.05, 0.1) is 5.56 Å². The molecule has 2 aromatic rings. The quantitative estimate of drug-likeness (QED) is 0.604. The number of hydrogen-bond donors (Lipinski definition) is 0. The molecule has 18 heavy (non-hydrogen) atoms. The molecule has 2 aliphatic heterocycles. The summed E-state index contributed by atoms with van der Waals surface area (Å²) in [5, 5.41) is 0. The Kier molecular flexibility index (Phi) is 1.81. The van der Waals surface area contributed by atoms with Crippen LogP contribution < -0.4 is 9.47 Å². The van der Waals surface area contributed by atoms with Gasteiger partial charge in [-0.1, -0.05) is 18.2 Å². The summed E-state index contributed by atoms with van der Waals surface area (Å²) in [6.45, 7) is 0.146. The van der Waals surface area contributed by atoms with E-state index in [2.05, 4.69) is 0 Å². The number of ketones is 1. The fraction of sp³-hybridized carbons (Fsp3) is 0.133. The van der Waals surface area contributed by atoms with E-state index in [1.807, 2.05) is 30.3 Å². The van der Waals surface area contributed by atoms with Crippen molar-refractivity contribution in [3.8, 4) is 17.2 Å². The normalized spacial score (nSPS) is 15.2. The average molecular weight is 238 g/mol. The largest absolute Gasteiger partial charge is 0.484 e. The molecule has 2 heterocycles. The Morgan fingerprint density at radius 3 is 2.83 bits per heavy atom. The number of carbonyl (C=O) groups excluding carboxylic acids is 1. The summed E-state index contributed by atoms with van der Waals surface area (Å²) in [6, 6.07) is 11.6. The van der Waals surface area contributed by atoms with Crippen molar-refractivity contribution >= 4 is 5.78 Å². The molecule has 0 saturated carbocycles. The summed E-state index contributed by atoms with van der Waals surface area (Å²) in [7, 11) is 0. The number of carbonyl (C=O) groups is 1. The summed E-state index contributed by atoms with van der Waals surface area (Å²) in [4.78, 5) is 11.6. The Morgan fingerprint density at radius 2 is 1.89 bits per heavy atom. The second-order valence-electron chi connectivity index (χ2n) is 4.52. The molecule has 0 amide bonds. The third-order valence-corrected chi connectivity index (χ3v) is 3.43. The highest BCUT2D eigenvalue weighted by Gasteiger charge is 2.29. The van der Waals surface area contributed by atoms with Crippen LogP contribution >= 0.6 is 0 Å². The molecule has 0 spiro atoms. The Balaban J connectivity index is 1.90. The molecule has 0 saturated heterocycles. The van der Waals surface area contributed by atoms with Crippen LogP contribution in [-0.4, -0.2) is 12.4 Å². The number of para-hydroxylation sites is 1. The molecule has 0 bridgehead atoms. The highest BCUT2D eigenvalue weighted by Crippen LogP contribution is 2.43. The van der Waals surface area contributed by atoms with Crippen LogP contribution in [0.25, 0.3) is 0 Å². The van der Waals surface area contributed by atoms with Crippen LogP contribution in [0.3, 0.4) is 0 Å². The van der Waals surface area contributed by atoms with Crippen LogP contribution in [0.1, 0.15) is 21.5 Å². The zero-order valence-corrected chi connectivity index (χ0v) is 9.60. The van der Waals surface area contributed by atoms with Gasteiger partial charge in [-0.2, -0.15) is 0 Å². The fourth-order valence-electron chi connectivity index (χ4n) is 2.53. The lowest BCUT2D eigenvalue weighted by molar-refractivity contribution is 0.0961. The fourth-order valence-corrected chi connectivity index (χ4v) is 2.53. The van der Waals surface area contributed by atoms with Gasteiger partial charge in [-0.05, 0) is 23.8 Å². The van der Waals surface area contributed by atoms with E-state index >= 15 is 0 Å². The van der Waals surface area contributed by atoms with Gasteiger partial charge in [-0.3, -0.25) is 4.79 Å². The minimum atomic E-state index is 0.0478. The number of benzene rings is 2. The third-order valence-electron chi connectivity index (χ3n) is 3.43. The van der Waals surface area contributed by atoms with Gasteiger partial charge >= 0.3 is 0 Å². The van der Waals surface area contributed by atoms with Gasteiger partial charge in [0.1, 0.15) is 17.2 Å². The van der Waals surface area contributed by atoms with Crippen molar-refractivity contribution in [1.29, 1.82) is 0 Å². The van der Waals surface area contributed by atoms with E-state index in [1.165, 1.54) is 0 Å². The molecule has 0 fully saturated rings. The Morgan fingerprint density at radius 1 is 1.00 bits per heavy atom. The highest BCUT2D eigenvalue weighted by atomic mass is 16.5. The van der Waals surface area contributed by atoms with Gasteiger partial charge in [0.2, 0.25) is 5.78 Å². The molecule has 2 aliphatic rings. The van der Waals surface area contributed by atoms with Crippen LogP contribution in [0.5, 0.6) is 17.2 Å². The van der Waals surface area contributed by atoms with Gasteiger partial charge in [0.15, 0.2) is 6.61 Å². The Labute approximate surface area is 104 Å². The first-order valence-corrected chi connectivity index (χ1v) is 5.90. The van der Waals surface area contributed by atoms with E-state index in [-0.39, 0.29) is 12.4 Å². The number of Topliss-reactive ketones (excluding diaryl/α,β-unsaturated/α-hetero) is 1. The standard InChI is InChI=1S/C15H10O3/c16-12-8-17-15-10(12)5-6-14-11(15)7-9-3-1-2-4-13(9)18-14/h1-6H,7-8H2. The molecule has 88 valence electrons. The first-order chi connectivity index (χ1) is 8.83. The van der Waals surface area contributed by atoms with Crippen molar-refractivity contribution in [2.75, 3.05) is 6.61 Å². The maximum Gasteiger partial charge on any atom is 0.203 e. The Bertz CT molecular complexity index is 673. The van der Waals surface area contributed by atoms with E-state index in [0.29, 0.717) is 11.3 Å². The summed E-state index contributed by atoms with van der Waals surface area (Å²) < 4.78 is 11.3. The summed E-state index contributed by atoms with van der Waals surface area (Å²) >= 11 is 0. The number of hydrogen-bond acceptors (Lipinski definition) is 3. The van der Waals surface area contributed by atoms with Crippen molar-refractivity contribution in [2.24, 2.45) is 0 Å². The summed E-state index contributed by atoms with van der Waals surface area (Å²) in [5.41, 5.74) is 2.79. The average Bonchev–Trinajstić information content (AvgIpc) is 2.78. The van der Waals surface area contributed by atoms with Crippen molar-refractivity contribution in [3.63, 3.8) is 0 Å². The molecule has 0 radical (unpaired) electrons. The summed E-state index contributed by atoms with van der Waals surface area (Å²) in [6.07, 6.45) is 0.752. The van der Waals surface area contributed by atoms with Gasteiger partial charge in [0, 0.05) is 12.0 Å². The first-order valence-electron chi connectivity index (χ1n) is 5.90. The molecule has 0 aromatic heterocycles. The van der Waals surface area contributed by atoms with E-state index < -0.39 is 0 Å². The highest BCUT2D eigenvalue weighted by molar-refractivity contribution is 6.03. The van der Waals surface area contributed by atoms with Crippen LogP contribution in [0.4, 0.5) is 0 Å². The van der Waals surface area contributed by atoms with Gasteiger partial charge in [-0.15, -0.1) is 0 Å². The molecular weight excluding hydrogens is 228 g/mol. The molecule has 3 heteroatoms. The maximum absolute atomic E-state index is 11.6. The number of fused-ring (bicyclic) bond motifs is 4. The SMILES string of the molecule is O=C1COc2c1ccc1c2Cc2ccccc2O1. The predicted octanol–water partition coefficient (Wildman–Crippen LogP) is 2.96. The molecule has 0 atom stereocenters. The second kappa shape index (κ2) is 3.35. The van der Waals surface area contributed by atoms with Crippen LogP contribution in [-0.2, 0) is 6.42 Å². The molecule has 4 rings (SSSR count). The van der Waals surface area contributed by atoms with Crippen LogP contribution in [0, 0.1) is 0 Å². The summed E-state index contributed by atoms with van der Waals surface area (Å²) in [5.74, 6) is 2.43. The van der Waals surface area contributed by atoms with Gasteiger partial charge in [0.25, 0.3) is 0 Å². The number of ether oxygens (including phenoxy) is 2. The smallest absolute Gasteiger partial charge is 0.203 e. The molecular formula is C15H10O3. The minimum Gasteiger partial charge on any atom is -0.484 e.